The van der Waals surface area contributed by atoms with Crippen molar-refractivity contribution < 1.29 is 21.6 Å². The maximum Gasteiger partial charge on any atom is 0.418 e. The second-order valence-corrected chi connectivity index (χ2v) is 13.4. The highest BCUT2D eigenvalue weighted by molar-refractivity contribution is 7.91. The molecule has 14 heteroatoms. The van der Waals surface area contributed by atoms with Crippen LogP contribution in [0.2, 0.25) is 0 Å². The molecule has 202 valence electrons. The summed E-state index contributed by atoms with van der Waals surface area (Å²) in [5.41, 5.74) is -0.161. The highest BCUT2D eigenvalue weighted by Gasteiger charge is 2.34. The Kier molecular flexibility index (Phi) is 7.44. The van der Waals surface area contributed by atoms with Gasteiger partial charge < -0.3 is 5.32 Å². The Morgan fingerprint density at radius 3 is 2.55 bits per heavy atom. The van der Waals surface area contributed by atoms with Crippen molar-refractivity contribution in [3.05, 3.63) is 52.6 Å². The van der Waals surface area contributed by atoms with Gasteiger partial charge in [-0.3, -0.25) is 4.90 Å². The number of piperazine rings is 1. The number of anilines is 1. The summed E-state index contributed by atoms with van der Waals surface area (Å²) in [5, 5.41) is 6.35. The first kappa shape index (κ1) is 26.9. The van der Waals surface area contributed by atoms with Crippen molar-refractivity contribution >= 4 is 49.4 Å². The molecule has 1 aliphatic rings. The number of thiophene rings is 1. The molecule has 4 heterocycles. The number of nitrogens with one attached hydrogen (secondary N) is 1. The van der Waals surface area contributed by atoms with Crippen LogP contribution < -0.4 is 5.32 Å². The third-order valence-corrected chi connectivity index (χ3v) is 10.5. The summed E-state index contributed by atoms with van der Waals surface area (Å²) in [6.07, 6.45) is -3.39. The van der Waals surface area contributed by atoms with Gasteiger partial charge in [0.25, 0.3) is 10.0 Å². The first-order valence-corrected chi connectivity index (χ1v) is 15.0. The Morgan fingerprint density at radius 2 is 1.87 bits per heavy atom. The molecule has 1 fully saturated rings. The fourth-order valence-corrected chi connectivity index (χ4v) is 7.98. The number of fused-ring (bicyclic) bond motifs is 1. The van der Waals surface area contributed by atoms with Crippen LogP contribution in [0, 0.1) is 6.92 Å². The van der Waals surface area contributed by atoms with Crippen molar-refractivity contribution in [1.82, 2.24) is 24.2 Å². The molecule has 1 atom stereocenters. The first-order valence-electron chi connectivity index (χ1n) is 11.8. The van der Waals surface area contributed by atoms with Gasteiger partial charge in [-0.2, -0.15) is 17.5 Å². The van der Waals surface area contributed by atoms with Crippen molar-refractivity contribution in [2.24, 2.45) is 0 Å². The van der Waals surface area contributed by atoms with E-state index in [9.17, 15) is 21.6 Å². The van der Waals surface area contributed by atoms with E-state index in [-0.39, 0.29) is 11.6 Å². The number of para-hydroxylation sites is 1. The summed E-state index contributed by atoms with van der Waals surface area (Å²) in [6, 6.07) is 7.20. The molecule has 5 rings (SSSR count). The van der Waals surface area contributed by atoms with E-state index in [0.29, 0.717) is 48.1 Å². The number of aryl methyl sites for hydroxylation is 1. The van der Waals surface area contributed by atoms with E-state index in [1.54, 1.807) is 18.2 Å². The monoisotopic (exact) mass is 582 g/mol. The summed E-state index contributed by atoms with van der Waals surface area (Å²) in [5.74, 6) is 0.332. The van der Waals surface area contributed by atoms with Gasteiger partial charge in [0.15, 0.2) is 0 Å². The molecular formula is C24H25F3N6O2S3. The highest BCUT2D eigenvalue weighted by Crippen LogP contribution is 2.35. The molecule has 0 aliphatic carbocycles. The number of thiazole rings is 1. The van der Waals surface area contributed by atoms with Gasteiger partial charge in [-0.15, -0.1) is 22.7 Å². The number of aromatic nitrogens is 3. The molecular weight excluding hydrogens is 557 g/mol. The third kappa shape index (κ3) is 5.54. The normalized spacial score (nSPS) is 16.7. The standard InChI is InChI=1S/C24H25F3N6O2S3/c1-15(30-23-17-4-3-5-18(24(25,26)27)22(17)28-14-29-23)12-32-8-10-33(11-9-32)38(34,35)21-7-6-20(37-21)19-13-36-16(2)31-19/h3-7,13-15H,8-12H2,1-2H3,(H,28,29,30)/t15-/m0/s1. The summed E-state index contributed by atoms with van der Waals surface area (Å²) >= 11 is 2.75. The van der Waals surface area contributed by atoms with Crippen LogP contribution >= 0.6 is 22.7 Å². The van der Waals surface area contributed by atoms with Gasteiger partial charge >= 0.3 is 6.18 Å². The molecule has 38 heavy (non-hydrogen) atoms. The Hall–Kier alpha value is -2.65. The van der Waals surface area contributed by atoms with Gasteiger partial charge in [-0.1, -0.05) is 6.07 Å². The predicted octanol–water partition coefficient (Wildman–Crippen LogP) is 4.95. The summed E-state index contributed by atoms with van der Waals surface area (Å²) in [7, 11) is -3.61. The molecule has 4 aromatic rings. The number of hydrogen-bond acceptors (Lipinski definition) is 9. The number of benzene rings is 1. The van der Waals surface area contributed by atoms with Crippen molar-refractivity contribution in [2.45, 2.75) is 30.3 Å². The molecule has 1 saturated heterocycles. The fraction of sp³-hybridized carbons (Fsp3) is 0.375. The van der Waals surface area contributed by atoms with Gasteiger partial charge in [0.05, 0.1) is 26.7 Å². The van der Waals surface area contributed by atoms with Gasteiger partial charge in [0.2, 0.25) is 0 Å². The van der Waals surface area contributed by atoms with Gasteiger partial charge in [0, 0.05) is 49.5 Å². The van der Waals surface area contributed by atoms with E-state index in [4.69, 9.17) is 0 Å². The number of nitrogens with zero attached hydrogens (tertiary/aromatic N) is 5. The van der Waals surface area contributed by atoms with Crippen LogP contribution in [0.1, 0.15) is 17.5 Å². The topological polar surface area (TPSA) is 91.3 Å². The molecule has 0 amide bonds. The zero-order chi connectivity index (χ0) is 27.1. The molecule has 0 saturated carbocycles. The van der Waals surface area contributed by atoms with Crippen LogP contribution in [0.25, 0.3) is 21.5 Å². The zero-order valence-corrected chi connectivity index (χ0v) is 23.0. The van der Waals surface area contributed by atoms with Crippen LogP contribution in [0.15, 0.2) is 46.2 Å². The number of hydrogen-bond donors (Lipinski definition) is 1. The molecule has 0 spiro atoms. The quantitative estimate of drug-likeness (QED) is 0.330. The van der Waals surface area contributed by atoms with Crippen LogP contribution in [0.5, 0.6) is 0 Å². The van der Waals surface area contributed by atoms with Crippen LogP contribution in [-0.2, 0) is 16.2 Å². The van der Waals surface area contributed by atoms with E-state index in [1.807, 2.05) is 19.2 Å². The maximum atomic E-state index is 13.4. The Morgan fingerprint density at radius 1 is 1.11 bits per heavy atom. The molecule has 8 nitrogen and oxygen atoms in total. The van der Waals surface area contributed by atoms with Gasteiger partial charge in [-0.25, -0.2) is 23.4 Å². The van der Waals surface area contributed by atoms with Gasteiger partial charge in [0.1, 0.15) is 16.4 Å². The second-order valence-electron chi connectivity index (χ2n) is 9.04. The molecule has 1 N–H and O–H groups in total. The maximum absolute atomic E-state index is 13.4. The molecule has 1 aromatic carbocycles. The Labute approximate surface area is 226 Å². The predicted molar refractivity (Wildman–Crippen MR) is 143 cm³/mol. The minimum absolute atomic E-state index is 0.146. The van der Waals surface area contributed by atoms with Crippen LogP contribution in [0.4, 0.5) is 19.0 Å². The van der Waals surface area contributed by atoms with Crippen molar-refractivity contribution in [3.8, 4) is 10.6 Å². The summed E-state index contributed by atoms with van der Waals surface area (Å²) < 4.78 is 68.4. The lowest BCUT2D eigenvalue weighted by Gasteiger charge is -2.35. The summed E-state index contributed by atoms with van der Waals surface area (Å²) in [6.45, 7) is 6.18. The zero-order valence-electron chi connectivity index (χ0n) is 20.6. The first-order chi connectivity index (χ1) is 18.0. The van der Waals surface area contributed by atoms with E-state index >= 15 is 0 Å². The lowest BCUT2D eigenvalue weighted by Crippen LogP contribution is -2.50. The number of rotatable bonds is 7. The smallest absolute Gasteiger partial charge is 0.366 e. The van der Waals surface area contributed by atoms with Crippen LogP contribution in [-0.4, -0.2) is 71.3 Å². The molecule has 0 radical (unpaired) electrons. The summed E-state index contributed by atoms with van der Waals surface area (Å²) in [4.78, 5) is 15.4. The van der Waals surface area contributed by atoms with E-state index in [2.05, 4.69) is 25.2 Å². The molecule has 0 unspecified atom stereocenters. The van der Waals surface area contributed by atoms with Crippen molar-refractivity contribution in [1.29, 1.82) is 0 Å². The van der Waals surface area contributed by atoms with E-state index in [0.717, 1.165) is 28.0 Å². The number of alkyl halides is 3. The minimum atomic E-state index is -4.51. The van der Waals surface area contributed by atoms with Crippen molar-refractivity contribution in [3.63, 3.8) is 0 Å². The minimum Gasteiger partial charge on any atom is -0.366 e. The van der Waals surface area contributed by atoms with E-state index < -0.39 is 21.8 Å². The average Bonchev–Trinajstić information content (AvgIpc) is 3.53. The Balaban J connectivity index is 1.21. The van der Waals surface area contributed by atoms with Crippen molar-refractivity contribution in [2.75, 3.05) is 38.0 Å². The lowest BCUT2D eigenvalue weighted by molar-refractivity contribution is -0.136. The molecule has 3 aromatic heterocycles. The fourth-order valence-electron chi connectivity index (χ4n) is 4.45. The molecule has 0 bridgehead atoms. The largest absolute Gasteiger partial charge is 0.418 e. The van der Waals surface area contributed by atoms with Gasteiger partial charge in [-0.05, 0) is 38.1 Å². The number of halogens is 3. The van der Waals surface area contributed by atoms with Crippen LogP contribution in [0.3, 0.4) is 0 Å². The lowest BCUT2D eigenvalue weighted by atomic mass is 10.1. The molecule has 1 aliphatic heterocycles. The average molecular weight is 583 g/mol. The number of sulfonamides is 1. The second kappa shape index (κ2) is 10.5. The van der Waals surface area contributed by atoms with E-state index in [1.165, 1.54) is 33.0 Å². The Bertz CT molecular complexity index is 1550. The highest BCUT2D eigenvalue weighted by atomic mass is 32.2. The third-order valence-electron chi connectivity index (χ3n) is 6.26. The SMILES string of the molecule is Cc1nc(-c2ccc(S(=O)(=O)N3CCN(C[C@H](C)Nc4ncnc5c(C(F)(F)F)cccc45)CC3)s2)cs1.